The molecule has 0 spiro atoms. The van der Waals surface area contributed by atoms with E-state index >= 15 is 0 Å². The van der Waals surface area contributed by atoms with Gasteiger partial charge in [-0.25, -0.2) is 0 Å². The lowest BCUT2D eigenvalue weighted by molar-refractivity contribution is -0.156. The molecule has 0 aliphatic carbocycles. The van der Waals surface area contributed by atoms with Gasteiger partial charge in [-0.15, -0.1) is 0 Å². The van der Waals surface area contributed by atoms with Crippen LogP contribution in [0.1, 0.15) is 31.2 Å². The van der Waals surface area contributed by atoms with Crippen molar-refractivity contribution in [3.8, 4) is 5.75 Å². The van der Waals surface area contributed by atoms with Crippen LogP contribution in [0.15, 0.2) is 36.4 Å². The molecule has 5 nitrogen and oxygen atoms in total. The summed E-state index contributed by atoms with van der Waals surface area (Å²) in [6, 6.07) is 7.81. The molecule has 23 heavy (non-hydrogen) atoms. The molecule has 1 fully saturated rings. The first kappa shape index (κ1) is 17.5. The number of hydrogen-bond donors (Lipinski definition) is 1. The van der Waals surface area contributed by atoms with Crippen LogP contribution in [0.4, 0.5) is 0 Å². The van der Waals surface area contributed by atoms with Crippen LogP contribution in [0.3, 0.4) is 0 Å². The molecule has 0 unspecified atom stereocenters. The maximum atomic E-state index is 11.2. The van der Waals surface area contributed by atoms with Crippen LogP contribution in [0.25, 0.3) is 0 Å². The van der Waals surface area contributed by atoms with Gasteiger partial charge in [0, 0.05) is 13.0 Å². The summed E-state index contributed by atoms with van der Waals surface area (Å²) in [5, 5.41) is 9.50. The molecule has 1 aromatic carbocycles. The normalized spacial score (nSPS) is 21.4. The zero-order valence-electron chi connectivity index (χ0n) is 13.4. The number of rotatable bonds is 8. The van der Waals surface area contributed by atoms with Crippen LogP contribution < -0.4 is 4.74 Å². The second-order valence-corrected chi connectivity index (χ2v) is 5.59. The Morgan fingerprint density at radius 3 is 2.83 bits per heavy atom. The molecule has 5 heteroatoms. The summed E-state index contributed by atoms with van der Waals surface area (Å²) in [4.78, 5) is 11.2. The third-order valence-corrected chi connectivity index (χ3v) is 3.63. The van der Waals surface area contributed by atoms with Crippen molar-refractivity contribution in [3.63, 3.8) is 0 Å². The van der Waals surface area contributed by atoms with E-state index in [1.165, 1.54) is 0 Å². The van der Waals surface area contributed by atoms with Crippen LogP contribution in [-0.2, 0) is 20.9 Å². The van der Waals surface area contributed by atoms with E-state index in [2.05, 4.69) is 0 Å². The number of esters is 1. The van der Waals surface area contributed by atoms with E-state index in [1.807, 2.05) is 36.4 Å². The Morgan fingerprint density at radius 1 is 1.35 bits per heavy atom. The average molecular weight is 320 g/mol. The third-order valence-electron chi connectivity index (χ3n) is 3.63. The van der Waals surface area contributed by atoms with Crippen LogP contribution in [0.5, 0.6) is 5.75 Å². The lowest BCUT2D eigenvalue weighted by atomic mass is 10.1. The minimum atomic E-state index is -0.585. The van der Waals surface area contributed by atoms with Crippen molar-refractivity contribution < 1.29 is 24.1 Å². The zero-order valence-corrected chi connectivity index (χ0v) is 13.4. The van der Waals surface area contributed by atoms with Gasteiger partial charge in [-0.2, -0.15) is 0 Å². The van der Waals surface area contributed by atoms with Crippen molar-refractivity contribution in [1.29, 1.82) is 0 Å². The molecule has 1 aliphatic rings. The van der Waals surface area contributed by atoms with Crippen LogP contribution in [0, 0.1) is 0 Å². The van der Waals surface area contributed by atoms with Crippen LogP contribution in [0.2, 0.25) is 0 Å². The number of benzene rings is 1. The molecule has 1 N–H and O–H groups in total. The molecule has 0 bridgehead atoms. The van der Waals surface area contributed by atoms with Crippen LogP contribution in [-0.4, -0.2) is 37.0 Å². The van der Waals surface area contributed by atoms with E-state index < -0.39 is 6.10 Å². The number of unbranched alkanes of at least 4 members (excludes halogenated alkanes) is 1. The number of aliphatic hydroxyl groups is 1. The van der Waals surface area contributed by atoms with Crippen molar-refractivity contribution in [1.82, 2.24) is 0 Å². The zero-order chi connectivity index (χ0) is 16.5. The summed E-state index contributed by atoms with van der Waals surface area (Å²) in [6.07, 6.45) is 5.28. The highest BCUT2D eigenvalue weighted by atomic mass is 16.5. The first-order valence-electron chi connectivity index (χ1n) is 7.92. The molecule has 0 radical (unpaired) electrons. The second kappa shape index (κ2) is 9.33. The standard InChI is InChI=1S/C18H24O5/c1-21-16-8-6-14(7-9-16)13-22-10-4-2-3-5-17-11-15(19)12-18(20)23-17/h3,5-9,15,17,19H,2,4,10-13H2,1H3/b5-3+/t15-,17+/m0/s1. The summed E-state index contributed by atoms with van der Waals surface area (Å²) in [5.41, 5.74) is 1.12. The largest absolute Gasteiger partial charge is 0.497 e. The van der Waals surface area contributed by atoms with Gasteiger partial charge in [-0.3, -0.25) is 4.79 Å². The Kier molecular flexibility index (Phi) is 7.10. The first-order chi connectivity index (χ1) is 11.2. The molecule has 1 saturated heterocycles. The van der Waals surface area contributed by atoms with E-state index in [1.54, 1.807) is 7.11 Å². The molecule has 2 rings (SSSR count). The molecule has 1 heterocycles. The molecule has 126 valence electrons. The van der Waals surface area contributed by atoms with E-state index in [-0.39, 0.29) is 18.5 Å². The quantitative estimate of drug-likeness (QED) is 0.453. The highest BCUT2D eigenvalue weighted by Crippen LogP contribution is 2.16. The van der Waals surface area contributed by atoms with Crippen molar-refractivity contribution in [3.05, 3.63) is 42.0 Å². The molecule has 2 atom stereocenters. The topological polar surface area (TPSA) is 65.0 Å². The minimum absolute atomic E-state index is 0.101. The predicted molar refractivity (Wildman–Crippen MR) is 86.1 cm³/mol. The van der Waals surface area contributed by atoms with Crippen molar-refractivity contribution in [2.75, 3.05) is 13.7 Å². The summed E-state index contributed by atoms with van der Waals surface area (Å²) in [6.45, 7) is 1.25. The second-order valence-electron chi connectivity index (χ2n) is 5.59. The molecular formula is C18H24O5. The van der Waals surface area contributed by atoms with Crippen molar-refractivity contribution in [2.45, 2.75) is 44.5 Å². The highest BCUT2D eigenvalue weighted by Gasteiger charge is 2.24. The summed E-state index contributed by atoms with van der Waals surface area (Å²) < 4.78 is 15.9. The number of carbonyl (C=O) groups is 1. The average Bonchev–Trinajstić information content (AvgIpc) is 2.53. The predicted octanol–water partition coefficient (Wildman–Crippen LogP) is 2.61. The minimum Gasteiger partial charge on any atom is -0.497 e. The number of allylic oxidation sites excluding steroid dienone is 1. The summed E-state index contributed by atoms with van der Waals surface area (Å²) in [5.74, 6) is 0.508. The van der Waals surface area contributed by atoms with Crippen molar-refractivity contribution >= 4 is 5.97 Å². The summed E-state index contributed by atoms with van der Waals surface area (Å²) in [7, 11) is 1.65. The van der Waals surface area contributed by atoms with Gasteiger partial charge in [0.15, 0.2) is 0 Å². The molecule has 1 aromatic rings. The Morgan fingerprint density at radius 2 is 2.13 bits per heavy atom. The lowest BCUT2D eigenvalue weighted by Crippen LogP contribution is -2.31. The van der Waals surface area contributed by atoms with Gasteiger partial charge in [0.2, 0.25) is 0 Å². The van der Waals surface area contributed by atoms with Gasteiger partial charge in [-0.05, 0) is 36.6 Å². The maximum absolute atomic E-state index is 11.2. The molecular weight excluding hydrogens is 296 g/mol. The number of carbonyl (C=O) groups excluding carboxylic acids is 1. The van der Waals surface area contributed by atoms with Crippen LogP contribution >= 0.6 is 0 Å². The van der Waals surface area contributed by atoms with E-state index in [0.717, 1.165) is 24.2 Å². The number of cyclic esters (lactones) is 1. The SMILES string of the molecule is COc1ccc(COCCC/C=C/[C@@H]2C[C@H](O)CC(=O)O2)cc1. The fourth-order valence-corrected chi connectivity index (χ4v) is 2.39. The van der Waals surface area contributed by atoms with Gasteiger partial charge in [-0.1, -0.05) is 18.2 Å². The van der Waals surface area contributed by atoms with Gasteiger partial charge in [0.1, 0.15) is 11.9 Å². The van der Waals surface area contributed by atoms with E-state index in [9.17, 15) is 9.90 Å². The Labute approximate surface area is 136 Å². The maximum Gasteiger partial charge on any atom is 0.309 e. The van der Waals surface area contributed by atoms with Gasteiger partial charge >= 0.3 is 5.97 Å². The third kappa shape index (κ3) is 6.42. The number of methoxy groups -OCH3 is 1. The fourth-order valence-electron chi connectivity index (χ4n) is 2.39. The Bertz CT molecular complexity index is 509. The number of ether oxygens (including phenoxy) is 3. The molecule has 0 amide bonds. The highest BCUT2D eigenvalue weighted by molar-refractivity contribution is 5.71. The molecule has 0 aromatic heterocycles. The number of aliphatic hydroxyl groups excluding tert-OH is 1. The Balaban J connectivity index is 1.56. The van der Waals surface area contributed by atoms with Gasteiger partial charge in [0.05, 0.1) is 26.2 Å². The smallest absolute Gasteiger partial charge is 0.309 e. The number of hydrogen-bond acceptors (Lipinski definition) is 5. The monoisotopic (exact) mass is 320 g/mol. The Hall–Kier alpha value is -1.85. The van der Waals surface area contributed by atoms with Crippen molar-refractivity contribution in [2.24, 2.45) is 0 Å². The first-order valence-corrected chi connectivity index (χ1v) is 7.92. The van der Waals surface area contributed by atoms with E-state index in [4.69, 9.17) is 14.2 Å². The lowest BCUT2D eigenvalue weighted by Gasteiger charge is -2.23. The molecule has 1 aliphatic heterocycles. The van der Waals surface area contributed by atoms with Gasteiger partial charge in [0.25, 0.3) is 0 Å². The fraction of sp³-hybridized carbons (Fsp3) is 0.500. The molecule has 0 saturated carbocycles. The van der Waals surface area contributed by atoms with E-state index in [0.29, 0.717) is 19.6 Å². The van der Waals surface area contributed by atoms with Gasteiger partial charge < -0.3 is 19.3 Å². The summed E-state index contributed by atoms with van der Waals surface area (Å²) >= 11 is 0.